The van der Waals surface area contributed by atoms with Crippen molar-refractivity contribution < 1.29 is 14.3 Å². The summed E-state index contributed by atoms with van der Waals surface area (Å²) >= 11 is 0. The molecule has 0 aliphatic carbocycles. The lowest BCUT2D eigenvalue weighted by Gasteiger charge is -2.33. The van der Waals surface area contributed by atoms with E-state index in [1.165, 1.54) is 0 Å². The van der Waals surface area contributed by atoms with Crippen LogP contribution in [0.2, 0.25) is 0 Å². The highest BCUT2D eigenvalue weighted by Crippen LogP contribution is 2.18. The molecule has 3 rings (SSSR count). The molecule has 0 aromatic carbocycles. The van der Waals surface area contributed by atoms with Crippen molar-refractivity contribution in [1.29, 1.82) is 0 Å². The maximum atomic E-state index is 13.0. The number of nitrogens with one attached hydrogen (secondary N) is 2. The molecule has 0 saturated carbocycles. The Balaban J connectivity index is 1.64. The number of ether oxygens (including phenoxy) is 1. The van der Waals surface area contributed by atoms with Gasteiger partial charge in [-0.1, -0.05) is 6.08 Å². The lowest BCUT2D eigenvalue weighted by atomic mass is 10.1. The second-order valence-corrected chi connectivity index (χ2v) is 6.88. The molecule has 1 aliphatic heterocycles. The first-order chi connectivity index (χ1) is 14.5. The summed E-state index contributed by atoms with van der Waals surface area (Å²) in [5.41, 5.74) is 0.966. The van der Waals surface area contributed by atoms with Gasteiger partial charge in [-0.05, 0) is 31.9 Å². The Kier molecular flexibility index (Phi) is 6.99. The maximum Gasteiger partial charge on any atom is 0.325 e. The number of urea groups is 1. The lowest BCUT2D eigenvalue weighted by Crippen LogP contribution is -2.49. The number of carbonyl (C=O) groups is 2. The van der Waals surface area contributed by atoms with Crippen molar-refractivity contribution in [3.05, 3.63) is 41.3 Å². The Hall–Kier alpha value is -3.43. The molecule has 0 bridgehead atoms. The largest absolute Gasteiger partial charge is 0.465 e. The van der Waals surface area contributed by atoms with Crippen molar-refractivity contribution in [2.75, 3.05) is 31.1 Å². The van der Waals surface area contributed by atoms with Crippen LogP contribution in [0.4, 0.5) is 10.6 Å². The second-order valence-electron chi connectivity index (χ2n) is 6.88. The summed E-state index contributed by atoms with van der Waals surface area (Å²) in [6.45, 7) is 7.03. The molecular formula is C20H26N6O4. The van der Waals surface area contributed by atoms with E-state index in [9.17, 15) is 14.4 Å². The van der Waals surface area contributed by atoms with Crippen molar-refractivity contribution in [2.24, 2.45) is 0 Å². The number of allylic oxidation sites excluding steroid dienone is 1. The highest BCUT2D eigenvalue weighted by molar-refractivity contribution is 5.80. The average Bonchev–Trinajstić information content (AvgIpc) is 2.75. The Bertz CT molecular complexity index is 981. The van der Waals surface area contributed by atoms with Crippen molar-refractivity contribution >= 4 is 29.0 Å². The van der Waals surface area contributed by atoms with Crippen LogP contribution in [0.3, 0.4) is 0 Å². The summed E-state index contributed by atoms with van der Waals surface area (Å²) in [5, 5.41) is 5.34. The third kappa shape index (κ3) is 4.94. The summed E-state index contributed by atoms with van der Waals surface area (Å²) in [7, 11) is 0. The number of carbonyl (C=O) groups excluding carboxylic acids is 2. The molecular weight excluding hydrogens is 388 g/mol. The molecule has 0 atom stereocenters. The molecule has 0 radical (unpaired) electrons. The van der Waals surface area contributed by atoms with Crippen LogP contribution in [-0.4, -0.2) is 58.8 Å². The van der Waals surface area contributed by atoms with E-state index in [2.05, 4.69) is 27.2 Å². The molecule has 2 aromatic heterocycles. The zero-order chi connectivity index (χ0) is 21.5. The van der Waals surface area contributed by atoms with Gasteiger partial charge in [-0.25, -0.2) is 14.8 Å². The molecule has 1 fully saturated rings. The summed E-state index contributed by atoms with van der Waals surface area (Å²) in [6, 6.07) is 3.14. The molecule has 30 heavy (non-hydrogen) atoms. The predicted molar refractivity (Wildman–Crippen MR) is 112 cm³/mol. The average molecular weight is 414 g/mol. The topological polar surface area (TPSA) is 118 Å². The van der Waals surface area contributed by atoms with Crippen LogP contribution in [0.5, 0.6) is 0 Å². The van der Waals surface area contributed by atoms with Crippen molar-refractivity contribution in [1.82, 2.24) is 25.2 Å². The Morgan fingerprint density at radius 1 is 1.37 bits per heavy atom. The van der Waals surface area contributed by atoms with E-state index in [1.807, 2.05) is 11.0 Å². The minimum absolute atomic E-state index is 0.0547. The molecule has 10 heteroatoms. The van der Waals surface area contributed by atoms with Gasteiger partial charge in [0.2, 0.25) is 0 Å². The van der Waals surface area contributed by atoms with Crippen molar-refractivity contribution in [3.8, 4) is 0 Å². The highest BCUT2D eigenvalue weighted by Gasteiger charge is 2.24. The molecule has 3 heterocycles. The van der Waals surface area contributed by atoms with Crippen LogP contribution in [0.15, 0.2) is 35.8 Å². The lowest BCUT2D eigenvalue weighted by molar-refractivity contribution is -0.141. The molecule has 2 aromatic rings. The van der Waals surface area contributed by atoms with Crippen LogP contribution in [0.1, 0.15) is 19.8 Å². The maximum absolute atomic E-state index is 13.0. The third-order valence-electron chi connectivity index (χ3n) is 4.82. The highest BCUT2D eigenvalue weighted by atomic mass is 16.5. The Morgan fingerprint density at radius 2 is 2.13 bits per heavy atom. The van der Waals surface area contributed by atoms with Crippen LogP contribution in [0.25, 0.3) is 11.2 Å². The minimum Gasteiger partial charge on any atom is -0.465 e. The number of nitrogens with zero attached hydrogens (tertiary/aromatic N) is 4. The standard InChI is InChI=1S/C20H26N6O4/c1-3-10-26-17-15(6-5-9-21-17)24-18(19(26)28)25-11-7-14(8-12-25)23-20(29)22-13-16(27)30-4-2/h3,5-6,9,14H,1,4,7-8,10-13H2,2H3,(H2,22,23,29). The molecule has 10 nitrogen and oxygen atoms in total. The predicted octanol–water partition coefficient (Wildman–Crippen LogP) is 0.809. The number of piperidine rings is 1. The summed E-state index contributed by atoms with van der Waals surface area (Å²) < 4.78 is 6.34. The molecule has 1 saturated heterocycles. The number of fused-ring (bicyclic) bond motifs is 1. The van der Waals surface area contributed by atoms with Crippen molar-refractivity contribution in [3.63, 3.8) is 0 Å². The number of anilines is 1. The van der Waals surface area contributed by atoms with Gasteiger partial charge in [-0.2, -0.15) is 0 Å². The molecule has 1 aliphatic rings. The smallest absolute Gasteiger partial charge is 0.325 e. The van der Waals surface area contributed by atoms with E-state index in [-0.39, 0.29) is 24.8 Å². The minimum atomic E-state index is -0.477. The third-order valence-corrected chi connectivity index (χ3v) is 4.82. The summed E-state index contributed by atoms with van der Waals surface area (Å²) in [6.07, 6.45) is 4.60. The van der Waals surface area contributed by atoms with Gasteiger partial charge >= 0.3 is 12.0 Å². The number of hydrogen-bond acceptors (Lipinski definition) is 7. The first kappa shape index (κ1) is 21.3. The molecule has 0 unspecified atom stereocenters. The normalized spacial score (nSPS) is 14.4. The second kappa shape index (κ2) is 9.86. The molecule has 160 valence electrons. The number of esters is 1. The monoisotopic (exact) mass is 414 g/mol. The van der Waals surface area contributed by atoms with Gasteiger partial charge in [0.25, 0.3) is 5.56 Å². The van der Waals surface area contributed by atoms with Gasteiger partial charge in [-0.3, -0.25) is 14.2 Å². The molecule has 2 amide bonds. The van der Waals surface area contributed by atoms with Crippen LogP contribution in [-0.2, 0) is 16.1 Å². The SMILES string of the molecule is C=CCn1c(=O)c(N2CCC(NC(=O)NCC(=O)OCC)CC2)nc2cccnc21. The van der Waals surface area contributed by atoms with Gasteiger partial charge in [0.1, 0.15) is 12.1 Å². The summed E-state index contributed by atoms with van der Waals surface area (Å²) in [4.78, 5) is 47.0. The zero-order valence-electron chi connectivity index (χ0n) is 17.0. The van der Waals surface area contributed by atoms with Gasteiger partial charge in [-0.15, -0.1) is 6.58 Å². The quantitative estimate of drug-likeness (QED) is 0.508. The van der Waals surface area contributed by atoms with Gasteiger partial charge in [0.05, 0.1) is 6.61 Å². The fraction of sp³-hybridized carbons (Fsp3) is 0.450. The van der Waals surface area contributed by atoms with E-state index < -0.39 is 12.0 Å². The Labute approximate surface area is 173 Å². The molecule has 2 N–H and O–H groups in total. The van der Waals surface area contributed by atoms with Crippen LogP contribution >= 0.6 is 0 Å². The van der Waals surface area contributed by atoms with E-state index in [0.29, 0.717) is 49.5 Å². The van der Waals surface area contributed by atoms with Gasteiger partial charge in [0.15, 0.2) is 11.5 Å². The van der Waals surface area contributed by atoms with Gasteiger partial charge < -0.3 is 20.3 Å². The Morgan fingerprint density at radius 3 is 2.83 bits per heavy atom. The fourth-order valence-corrected chi connectivity index (χ4v) is 3.40. The van der Waals surface area contributed by atoms with Crippen LogP contribution in [0, 0.1) is 0 Å². The fourth-order valence-electron chi connectivity index (χ4n) is 3.40. The number of hydrogen-bond donors (Lipinski definition) is 2. The van der Waals surface area contributed by atoms with Gasteiger partial charge in [0, 0.05) is 31.9 Å². The van der Waals surface area contributed by atoms with Crippen LogP contribution < -0.4 is 21.1 Å². The number of rotatable bonds is 7. The van der Waals surface area contributed by atoms with E-state index in [1.54, 1.807) is 29.8 Å². The van der Waals surface area contributed by atoms with E-state index in [0.717, 1.165) is 0 Å². The number of amides is 2. The number of pyridine rings is 1. The summed E-state index contributed by atoms with van der Waals surface area (Å²) in [5.74, 6) is -0.0993. The van der Waals surface area contributed by atoms with E-state index in [4.69, 9.17) is 4.74 Å². The number of aromatic nitrogens is 3. The molecule has 0 spiro atoms. The first-order valence-corrected chi connectivity index (χ1v) is 9.94. The van der Waals surface area contributed by atoms with Crippen molar-refractivity contribution in [2.45, 2.75) is 32.4 Å². The van der Waals surface area contributed by atoms with E-state index >= 15 is 0 Å². The first-order valence-electron chi connectivity index (χ1n) is 9.94. The zero-order valence-corrected chi connectivity index (χ0v) is 17.0.